The van der Waals surface area contributed by atoms with Gasteiger partial charge in [-0.05, 0) is 36.1 Å². The number of benzene rings is 2. The number of hydrogen-bond donors (Lipinski definition) is 0. The molecule has 2 aliphatic rings. The molecule has 204 valence electrons. The quantitative estimate of drug-likeness (QED) is 0.379. The van der Waals surface area contributed by atoms with Crippen molar-refractivity contribution >= 4 is 22.1 Å². The van der Waals surface area contributed by atoms with Gasteiger partial charge in [0.2, 0.25) is 0 Å². The average molecular weight is 521 g/mol. The van der Waals surface area contributed by atoms with Crippen LogP contribution in [0.2, 0.25) is 0 Å². The Kier molecular flexibility index (Phi) is 8.63. The van der Waals surface area contributed by atoms with E-state index in [1.807, 2.05) is 47.3 Å². The molecule has 2 aromatic carbocycles. The molecule has 2 unspecified atom stereocenters. The van der Waals surface area contributed by atoms with Gasteiger partial charge < -0.3 is 9.47 Å². The maximum absolute atomic E-state index is 5.45. The Morgan fingerprint density at radius 3 is 1.63 bits per heavy atom. The second kappa shape index (κ2) is 12.3. The molecule has 0 saturated carbocycles. The lowest BCUT2D eigenvalue weighted by atomic mass is 10.1. The van der Waals surface area contributed by atoms with Crippen LogP contribution in [0.15, 0.2) is 48.5 Å². The van der Waals surface area contributed by atoms with Crippen molar-refractivity contribution in [1.29, 1.82) is 0 Å². The van der Waals surface area contributed by atoms with E-state index in [1.165, 1.54) is 0 Å². The number of para-hydroxylation sites is 1. The fourth-order valence-electron chi connectivity index (χ4n) is 5.45. The van der Waals surface area contributed by atoms with Crippen molar-refractivity contribution in [2.75, 3.05) is 52.6 Å². The second-order valence-corrected chi connectivity index (χ2v) is 10.6. The minimum absolute atomic E-state index is 0.205. The van der Waals surface area contributed by atoms with Crippen molar-refractivity contribution in [3.63, 3.8) is 0 Å². The molecule has 0 N–H and O–H groups in total. The highest BCUT2D eigenvalue weighted by molar-refractivity contribution is 5.74. The van der Waals surface area contributed by atoms with E-state index in [-0.39, 0.29) is 12.3 Å². The van der Waals surface area contributed by atoms with Crippen LogP contribution in [0.5, 0.6) is 0 Å². The summed E-state index contributed by atoms with van der Waals surface area (Å²) in [6, 6.07) is 16.2. The van der Waals surface area contributed by atoms with Gasteiger partial charge in [0.25, 0.3) is 0 Å². The molecule has 0 amide bonds. The Hall–Kier alpha value is -2.92. The molecule has 2 atom stereocenters. The minimum atomic E-state index is 0.205. The van der Waals surface area contributed by atoms with Crippen molar-refractivity contribution in [1.82, 2.24) is 39.8 Å². The number of morpholine rings is 2. The molecular formula is C28H40N8O2. The molecule has 2 fully saturated rings. The van der Waals surface area contributed by atoms with Crippen LogP contribution in [0, 0.1) is 11.8 Å². The molecule has 4 aromatic rings. The molecule has 10 heteroatoms. The summed E-state index contributed by atoms with van der Waals surface area (Å²) in [5, 5.41) is 17.9. The summed E-state index contributed by atoms with van der Waals surface area (Å²) < 4.78 is 12.9. The smallest absolute Gasteiger partial charge is 0.126 e. The van der Waals surface area contributed by atoms with Crippen LogP contribution in [0.1, 0.15) is 40.0 Å². The van der Waals surface area contributed by atoms with Gasteiger partial charge in [0.1, 0.15) is 28.9 Å². The van der Waals surface area contributed by atoms with Crippen molar-refractivity contribution in [2.45, 2.75) is 40.0 Å². The summed E-state index contributed by atoms with van der Waals surface area (Å²) in [6.45, 7) is 15.9. The summed E-state index contributed by atoms with van der Waals surface area (Å²) in [7, 11) is 0. The Morgan fingerprint density at radius 2 is 1.11 bits per heavy atom. The zero-order valence-electron chi connectivity index (χ0n) is 23.0. The summed E-state index contributed by atoms with van der Waals surface area (Å²) in [5.41, 5.74) is 3.98. The van der Waals surface area contributed by atoms with Gasteiger partial charge in [-0.3, -0.25) is 9.80 Å². The lowest BCUT2D eigenvalue weighted by Crippen LogP contribution is -2.44. The van der Waals surface area contributed by atoms with E-state index in [0.29, 0.717) is 11.8 Å². The zero-order valence-corrected chi connectivity index (χ0v) is 23.0. The van der Waals surface area contributed by atoms with Gasteiger partial charge in [-0.1, -0.05) is 57.2 Å². The number of ether oxygens (including phenoxy) is 2. The molecule has 4 heterocycles. The van der Waals surface area contributed by atoms with Crippen molar-refractivity contribution in [2.24, 2.45) is 11.8 Å². The van der Waals surface area contributed by atoms with E-state index in [4.69, 9.17) is 9.47 Å². The van der Waals surface area contributed by atoms with Gasteiger partial charge in [0.15, 0.2) is 0 Å². The Labute approximate surface area is 224 Å². The maximum Gasteiger partial charge on any atom is 0.126 e. The normalized spacial score (nSPS) is 19.1. The summed E-state index contributed by atoms with van der Waals surface area (Å²) in [6.07, 6.45) is 0.451. The first-order valence-electron chi connectivity index (χ1n) is 13.8. The van der Waals surface area contributed by atoms with Gasteiger partial charge in [-0.25, -0.2) is 4.68 Å². The van der Waals surface area contributed by atoms with Crippen molar-refractivity contribution in [3.8, 4) is 0 Å². The van der Waals surface area contributed by atoms with Gasteiger partial charge >= 0.3 is 0 Å². The second-order valence-electron chi connectivity index (χ2n) is 10.6. The highest BCUT2D eigenvalue weighted by atomic mass is 16.5. The molecular weight excluding hydrogens is 480 g/mol. The molecule has 6 rings (SSSR count). The fourth-order valence-corrected chi connectivity index (χ4v) is 5.45. The van der Waals surface area contributed by atoms with Crippen LogP contribution in [0.25, 0.3) is 22.1 Å². The predicted octanol–water partition coefficient (Wildman–Crippen LogP) is 3.84. The van der Waals surface area contributed by atoms with E-state index >= 15 is 0 Å². The van der Waals surface area contributed by atoms with Crippen LogP contribution in [0.3, 0.4) is 0 Å². The standard InChI is InChI=1S/2C14H20N4O/c1-11(2)14(17-7-9-19-10-8-17)18-13-6-4-3-5-12(13)15-16-18;1-11(2)14(17-7-9-19-10-8-17)18-15-12-5-3-4-6-13(12)16-18/h2*3-6,11,14H,7-10H2,1-2H3. The van der Waals surface area contributed by atoms with Crippen LogP contribution in [-0.4, -0.2) is 92.4 Å². The number of nitrogens with zero attached hydrogens (tertiary/aromatic N) is 8. The van der Waals surface area contributed by atoms with Crippen LogP contribution in [0.4, 0.5) is 0 Å². The van der Waals surface area contributed by atoms with E-state index in [2.05, 4.69) is 68.8 Å². The fraction of sp³-hybridized carbons (Fsp3) is 0.571. The topological polar surface area (TPSA) is 86.4 Å². The molecule has 2 aromatic heterocycles. The third-order valence-corrected chi connectivity index (χ3v) is 7.20. The monoisotopic (exact) mass is 520 g/mol. The van der Waals surface area contributed by atoms with Gasteiger partial charge in [-0.2, -0.15) is 15.0 Å². The maximum atomic E-state index is 5.45. The zero-order chi connectivity index (χ0) is 26.5. The Balaban J connectivity index is 0.000000155. The molecule has 2 saturated heterocycles. The van der Waals surface area contributed by atoms with Crippen LogP contribution in [-0.2, 0) is 9.47 Å². The Bertz CT molecular complexity index is 1250. The van der Waals surface area contributed by atoms with Crippen LogP contribution >= 0.6 is 0 Å². The highest BCUT2D eigenvalue weighted by Gasteiger charge is 2.28. The third-order valence-electron chi connectivity index (χ3n) is 7.20. The van der Waals surface area contributed by atoms with Crippen LogP contribution < -0.4 is 0 Å². The molecule has 0 aliphatic carbocycles. The molecule has 0 bridgehead atoms. The number of fused-ring (bicyclic) bond motifs is 2. The van der Waals surface area contributed by atoms with Crippen molar-refractivity contribution < 1.29 is 9.47 Å². The highest BCUT2D eigenvalue weighted by Crippen LogP contribution is 2.26. The SMILES string of the molecule is CC(C)C(N1CCOCC1)n1nc2ccccc2n1.CC(C)C(N1CCOCC1)n1nnc2ccccc21. The summed E-state index contributed by atoms with van der Waals surface area (Å²) >= 11 is 0. The minimum Gasteiger partial charge on any atom is -0.379 e. The largest absolute Gasteiger partial charge is 0.379 e. The average Bonchev–Trinajstić information content (AvgIpc) is 3.55. The molecule has 38 heavy (non-hydrogen) atoms. The summed E-state index contributed by atoms with van der Waals surface area (Å²) in [4.78, 5) is 6.73. The Morgan fingerprint density at radius 1 is 0.632 bits per heavy atom. The molecule has 0 spiro atoms. The third kappa shape index (κ3) is 5.88. The van der Waals surface area contributed by atoms with E-state index in [1.54, 1.807) is 0 Å². The van der Waals surface area contributed by atoms with Gasteiger partial charge in [0.05, 0.1) is 31.9 Å². The summed E-state index contributed by atoms with van der Waals surface area (Å²) in [5.74, 6) is 0.933. The van der Waals surface area contributed by atoms with Crippen molar-refractivity contribution in [3.05, 3.63) is 48.5 Å². The molecule has 2 aliphatic heterocycles. The van der Waals surface area contributed by atoms with E-state index in [0.717, 1.165) is 74.7 Å². The lowest BCUT2D eigenvalue weighted by Gasteiger charge is -2.36. The van der Waals surface area contributed by atoms with Gasteiger partial charge in [-0.15, -0.1) is 5.10 Å². The lowest BCUT2D eigenvalue weighted by molar-refractivity contribution is -0.0243. The molecule has 10 nitrogen and oxygen atoms in total. The van der Waals surface area contributed by atoms with Gasteiger partial charge in [0, 0.05) is 26.2 Å². The van der Waals surface area contributed by atoms with E-state index in [9.17, 15) is 0 Å². The van der Waals surface area contributed by atoms with E-state index < -0.39 is 0 Å². The number of hydrogen-bond acceptors (Lipinski definition) is 8. The first-order chi connectivity index (χ1) is 18.5. The number of rotatable bonds is 6. The number of aromatic nitrogens is 6. The first-order valence-corrected chi connectivity index (χ1v) is 13.8. The first kappa shape index (κ1) is 26.7. The predicted molar refractivity (Wildman–Crippen MR) is 148 cm³/mol. The molecule has 0 radical (unpaired) electrons.